The summed E-state index contributed by atoms with van der Waals surface area (Å²) >= 11 is 1.27. The highest BCUT2D eigenvalue weighted by atomic mass is 32.2. The van der Waals surface area contributed by atoms with Gasteiger partial charge in [0.25, 0.3) is 5.56 Å². The Kier molecular flexibility index (Phi) is 5.03. The Balaban J connectivity index is 1.50. The second-order valence-electron chi connectivity index (χ2n) is 7.46. The van der Waals surface area contributed by atoms with E-state index in [0.717, 1.165) is 17.7 Å². The summed E-state index contributed by atoms with van der Waals surface area (Å²) in [7, 11) is 0. The van der Waals surface area contributed by atoms with Crippen molar-refractivity contribution >= 4 is 34.3 Å². The van der Waals surface area contributed by atoms with Crippen LogP contribution in [0.2, 0.25) is 0 Å². The first-order valence-electron chi connectivity index (χ1n) is 10.1. The van der Waals surface area contributed by atoms with Gasteiger partial charge in [-0.1, -0.05) is 48.2 Å². The first kappa shape index (κ1) is 19.5. The summed E-state index contributed by atoms with van der Waals surface area (Å²) in [6, 6.07) is 18.9. The molecule has 0 bridgehead atoms. The zero-order chi connectivity index (χ0) is 21.4. The Labute approximate surface area is 183 Å². The van der Waals surface area contributed by atoms with E-state index >= 15 is 0 Å². The number of hydrogen-bond donors (Lipinski definition) is 0. The molecule has 6 nitrogen and oxygen atoms in total. The largest absolute Gasteiger partial charge is 0.311 e. The number of amides is 1. The van der Waals surface area contributed by atoms with E-state index in [1.165, 1.54) is 21.9 Å². The van der Waals surface area contributed by atoms with Crippen molar-refractivity contribution in [2.75, 3.05) is 17.2 Å². The van der Waals surface area contributed by atoms with Gasteiger partial charge in [-0.3, -0.25) is 9.59 Å². The van der Waals surface area contributed by atoms with Crippen LogP contribution in [-0.4, -0.2) is 32.7 Å². The SMILES string of the molecule is Cc1ccc(-n2c(SCC(=O)N3CCc4ccccc43)nc3ccccc3c2=O)nc1. The van der Waals surface area contributed by atoms with Gasteiger partial charge in [-0.25, -0.2) is 14.5 Å². The minimum absolute atomic E-state index is 0.000716. The van der Waals surface area contributed by atoms with Gasteiger partial charge in [0.05, 0.1) is 16.7 Å². The highest BCUT2D eigenvalue weighted by Crippen LogP contribution is 2.29. The molecule has 0 fully saturated rings. The van der Waals surface area contributed by atoms with Gasteiger partial charge in [0.1, 0.15) is 5.82 Å². The second-order valence-corrected chi connectivity index (χ2v) is 8.40. The molecule has 0 N–H and O–H groups in total. The van der Waals surface area contributed by atoms with Gasteiger partial charge in [0, 0.05) is 18.4 Å². The molecule has 5 rings (SSSR count). The molecule has 31 heavy (non-hydrogen) atoms. The molecule has 0 atom stereocenters. The van der Waals surface area contributed by atoms with Crippen LogP contribution in [0.5, 0.6) is 0 Å². The fraction of sp³-hybridized carbons (Fsp3) is 0.167. The van der Waals surface area contributed by atoms with Crippen LogP contribution in [0.3, 0.4) is 0 Å². The number of nitrogens with zero attached hydrogens (tertiary/aromatic N) is 4. The molecule has 0 unspecified atom stereocenters. The van der Waals surface area contributed by atoms with Crippen molar-refractivity contribution in [1.82, 2.24) is 14.5 Å². The molecule has 154 valence electrons. The number of hydrogen-bond acceptors (Lipinski definition) is 5. The van der Waals surface area contributed by atoms with Crippen LogP contribution in [-0.2, 0) is 11.2 Å². The molecule has 3 heterocycles. The third-order valence-corrected chi connectivity index (χ3v) is 6.31. The predicted octanol–water partition coefficient (Wildman–Crippen LogP) is 3.77. The van der Waals surface area contributed by atoms with Gasteiger partial charge in [-0.15, -0.1) is 0 Å². The number of thioether (sulfide) groups is 1. The molecule has 0 spiro atoms. The van der Waals surface area contributed by atoms with Crippen molar-refractivity contribution in [1.29, 1.82) is 0 Å². The molecule has 1 aliphatic heterocycles. The predicted molar refractivity (Wildman–Crippen MR) is 123 cm³/mol. The molecule has 1 amide bonds. The second kappa shape index (κ2) is 8.00. The molecular formula is C24H20N4O2S. The number of carbonyl (C=O) groups excluding carboxylic acids is 1. The molecule has 4 aromatic rings. The number of aryl methyl sites for hydroxylation is 1. The lowest BCUT2D eigenvalue weighted by Gasteiger charge is -2.18. The number of anilines is 1. The van der Waals surface area contributed by atoms with Crippen molar-refractivity contribution in [3.63, 3.8) is 0 Å². The summed E-state index contributed by atoms with van der Waals surface area (Å²) in [5.74, 6) is 0.682. The molecule has 0 radical (unpaired) electrons. The molecule has 0 saturated carbocycles. The average molecular weight is 429 g/mol. The minimum atomic E-state index is -0.191. The number of pyridine rings is 1. The lowest BCUT2D eigenvalue weighted by molar-refractivity contribution is -0.116. The van der Waals surface area contributed by atoms with E-state index in [0.29, 0.717) is 28.4 Å². The average Bonchev–Trinajstić information content (AvgIpc) is 3.23. The number of aromatic nitrogens is 3. The fourth-order valence-corrected chi connectivity index (χ4v) is 4.68. The van der Waals surface area contributed by atoms with Crippen LogP contribution in [0, 0.1) is 6.92 Å². The van der Waals surface area contributed by atoms with Crippen LogP contribution in [0.4, 0.5) is 5.69 Å². The van der Waals surface area contributed by atoms with Crippen LogP contribution in [0.15, 0.2) is 76.8 Å². The highest BCUT2D eigenvalue weighted by Gasteiger charge is 2.25. The van der Waals surface area contributed by atoms with E-state index < -0.39 is 0 Å². The number of benzene rings is 2. The third kappa shape index (κ3) is 3.61. The van der Waals surface area contributed by atoms with Crippen molar-refractivity contribution in [3.8, 4) is 5.82 Å². The first-order chi connectivity index (χ1) is 15.1. The first-order valence-corrected chi connectivity index (χ1v) is 11.1. The maximum absolute atomic E-state index is 13.3. The quantitative estimate of drug-likeness (QED) is 0.366. The Bertz CT molecular complexity index is 1350. The van der Waals surface area contributed by atoms with Crippen LogP contribution in [0.25, 0.3) is 16.7 Å². The van der Waals surface area contributed by atoms with Gasteiger partial charge in [0.15, 0.2) is 5.16 Å². The smallest absolute Gasteiger partial charge is 0.267 e. The molecule has 7 heteroatoms. The molecule has 2 aromatic carbocycles. The van der Waals surface area contributed by atoms with Gasteiger partial charge in [-0.05, 0) is 48.7 Å². The summed E-state index contributed by atoms with van der Waals surface area (Å²) in [6.45, 7) is 2.62. The lowest BCUT2D eigenvalue weighted by atomic mass is 10.2. The van der Waals surface area contributed by atoms with E-state index in [4.69, 9.17) is 4.98 Å². The summed E-state index contributed by atoms with van der Waals surface area (Å²) in [6.07, 6.45) is 2.58. The summed E-state index contributed by atoms with van der Waals surface area (Å²) in [5.41, 5.74) is 3.57. The van der Waals surface area contributed by atoms with Crippen molar-refractivity contribution in [3.05, 3.63) is 88.3 Å². The van der Waals surface area contributed by atoms with Crippen LogP contribution < -0.4 is 10.5 Å². The molecular weight excluding hydrogens is 408 g/mol. The van der Waals surface area contributed by atoms with Crippen molar-refractivity contribution in [2.24, 2.45) is 0 Å². The monoisotopic (exact) mass is 428 g/mol. The number of fused-ring (bicyclic) bond motifs is 2. The number of para-hydroxylation sites is 2. The topological polar surface area (TPSA) is 68.1 Å². The zero-order valence-electron chi connectivity index (χ0n) is 17.0. The Hall–Kier alpha value is -3.45. The zero-order valence-corrected chi connectivity index (χ0v) is 17.8. The van der Waals surface area contributed by atoms with Crippen LogP contribution >= 0.6 is 11.8 Å². The van der Waals surface area contributed by atoms with Crippen molar-refractivity contribution in [2.45, 2.75) is 18.5 Å². The van der Waals surface area contributed by atoms with Gasteiger partial charge in [-0.2, -0.15) is 0 Å². The third-order valence-electron chi connectivity index (χ3n) is 5.38. The van der Waals surface area contributed by atoms with Crippen LogP contribution in [0.1, 0.15) is 11.1 Å². The Morgan fingerprint density at radius 3 is 2.71 bits per heavy atom. The summed E-state index contributed by atoms with van der Waals surface area (Å²) < 4.78 is 1.50. The van der Waals surface area contributed by atoms with E-state index in [1.807, 2.05) is 54.3 Å². The highest BCUT2D eigenvalue weighted by molar-refractivity contribution is 7.99. The molecule has 2 aromatic heterocycles. The van der Waals surface area contributed by atoms with E-state index in [1.54, 1.807) is 18.3 Å². The van der Waals surface area contributed by atoms with E-state index in [9.17, 15) is 9.59 Å². The standard InChI is InChI=1S/C24H20N4O2S/c1-16-10-11-21(25-14-16)28-23(30)18-7-3-4-8-19(18)26-24(28)31-15-22(29)27-13-12-17-6-2-5-9-20(17)27/h2-11,14H,12-13,15H2,1H3. The number of rotatable bonds is 4. The van der Waals surface area contributed by atoms with Gasteiger partial charge >= 0.3 is 0 Å². The lowest BCUT2D eigenvalue weighted by Crippen LogP contribution is -2.31. The molecule has 1 aliphatic rings. The maximum atomic E-state index is 13.3. The molecule has 0 aliphatic carbocycles. The van der Waals surface area contributed by atoms with Gasteiger partial charge < -0.3 is 4.90 Å². The summed E-state index contributed by atoms with van der Waals surface area (Å²) in [4.78, 5) is 37.2. The Morgan fingerprint density at radius 1 is 1.06 bits per heavy atom. The number of carbonyl (C=O) groups is 1. The van der Waals surface area contributed by atoms with E-state index in [-0.39, 0.29) is 17.2 Å². The minimum Gasteiger partial charge on any atom is -0.311 e. The Morgan fingerprint density at radius 2 is 1.87 bits per heavy atom. The molecule has 0 saturated heterocycles. The fourth-order valence-electron chi connectivity index (χ4n) is 3.80. The normalized spacial score (nSPS) is 12.9. The summed E-state index contributed by atoms with van der Waals surface area (Å²) in [5, 5.41) is 0.981. The van der Waals surface area contributed by atoms with E-state index in [2.05, 4.69) is 11.1 Å². The van der Waals surface area contributed by atoms with Gasteiger partial charge in [0.2, 0.25) is 5.91 Å². The maximum Gasteiger partial charge on any atom is 0.267 e. The van der Waals surface area contributed by atoms with Crippen molar-refractivity contribution < 1.29 is 4.79 Å².